The summed E-state index contributed by atoms with van der Waals surface area (Å²) in [5.74, 6) is 0. The summed E-state index contributed by atoms with van der Waals surface area (Å²) in [4.78, 5) is 11.5. The molecule has 0 heterocycles. The third-order valence-corrected chi connectivity index (χ3v) is 2.68. The number of aryl methyl sites for hydroxylation is 1. The quantitative estimate of drug-likeness (QED) is 0.726. The zero-order valence-corrected chi connectivity index (χ0v) is 11.1. The highest BCUT2D eigenvalue weighted by Crippen LogP contribution is 2.11. The van der Waals surface area contributed by atoms with Crippen molar-refractivity contribution < 1.29 is 9.90 Å². The van der Waals surface area contributed by atoms with Gasteiger partial charge in [0.25, 0.3) is 0 Å². The number of amides is 2. The van der Waals surface area contributed by atoms with Crippen LogP contribution in [0, 0.1) is 0 Å². The summed E-state index contributed by atoms with van der Waals surface area (Å²) >= 11 is 0. The molecule has 3 N–H and O–H groups in total. The molecule has 0 saturated carbocycles. The van der Waals surface area contributed by atoms with Gasteiger partial charge in [0, 0.05) is 5.69 Å². The third kappa shape index (κ3) is 5.19. The Morgan fingerprint density at radius 2 is 2.00 bits per heavy atom. The molecule has 0 spiro atoms. The number of hydrogen-bond acceptors (Lipinski definition) is 2. The molecular formula is C14H22N2O2. The van der Waals surface area contributed by atoms with E-state index < -0.39 is 0 Å². The molecular weight excluding hydrogens is 228 g/mol. The molecule has 1 aromatic rings. The number of anilines is 1. The van der Waals surface area contributed by atoms with Gasteiger partial charge in [-0.1, -0.05) is 25.5 Å². The maximum absolute atomic E-state index is 11.5. The van der Waals surface area contributed by atoms with Gasteiger partial charge >= 0.3 is 6.03 Å². The van der Waals surface area contributed by atoms with Crippen molar-refractivity contribution in [2.45, 2.75) is 39.2 Å². The predicted molar refractivity (Wildman–Crippen MR) is 73.8 cm³/mol. The fourth-order valence-electron chi connectivity index (χ4n) is 1.57. The molecule has 1 unspecified atom stereocenters. The lowest BCUT2D eigenvalue weighted by Gasteiger charge is -2.12. The van der Waals surface area contributed by atoms with E-state index in [1.54, 1.807) is 6.92 Å². The van der Waals surface area contributed by atoms with Crippen LogP contribution in [0.4, 0.5) is 10.5 Å². The van der Waals surface area contributed by atoms with Crippen LogP contribution in [0.15, 0.2) is 24.3 Å². The van der Waals surface area contributed by atoms with Gasteiger partial charge in [-0.2, -0.15) is 0 Å². The molecule has 0 aliphatic carbocycles. The van der Waals surface area contributed by atoms with Gasteiger partial charge in [0.05, 0.1) is 12.6 Å². The van der Waals surface area contributed by atoms with E-state index in [4.69, 9.17) is 5.11 Å². The molecule has 0 aliphatic rings. The molecule has 1 atom stereocenters. The summed E-state index contributed by atoms with van der Waals surface area (Å²) in [6.07, 6.45) is 3.44. The van der Waals surface area contributed by atoms with E-state index in [-0.39, 0.29) is 18.7 Å². The van der Waals surface area contributed by atoms with E-state index >= 15 is 0 Å². The summed E-state index contributed by atoms with van der Waals surface area (Å²) in [6.45, 7) is 3.85. The zero-order valence-electron chi connectivity index (χ0n) is 11.1. The number of aliphatic hydroxyl groups is 1. The van der Waals surface area contributed by atoms with Crippen LogP contribution in [0.25, 0.3) is 0 Å². The van der Waals surface area contributed by atoms with Crippen molar-refractivity contribution in [3.63, 3.8) is 0 Å². The summed E-state index contributed by atoms with van der Waals surface area (Å²) in [7, 11) is 0. The lowest BCUT2D eigenvalue weighted by molar-refractivity contribution is 0.229. The number of carbonyl (C=O) groups excluding carboxylic acids is 1. The molecule has 100 valence electrons. The molecule has 0 bridgehead atoms. The first-order valence-electron chi connectivity index (χ1n) is 6.43. The minimum atomic E-state index is -0.294. The normalized spacial score (nSPS) is 11.9. The van der Waals surface area contributed by atoms with Crippen LogP contribution in [0.1, 0.15) is 32.3 Å². The van der Waals surface area contributed by atoms with Crippen LogP contribution in [-0.4, -0.2) is 23.8 Å². The Balaban J connectivity index is 2.45. The summed E-state index contributed by atoms with van der Waals surface area (Å²) in [5.41, 5.74) is 2.05. The average Bonchev–Trinajstić information content (AvgIpc) is 2.37. The lowest BCUT2D eigenvalue weighted by Crippen LogP contribution is -2.38. The first kappa shape index (κ1) is 14.5. The number of rotatable bonds is 6. The molecule has 0 fully saturated rings. The highest BCUT2D eigenvalue weighted by atomic mass is 16.3. The summed E-state index contributed by atoms with van der Waals surface area (Å²) < 4.78 is 0. The van der Waals surface area contributed by atoms with Gasteiger partial charge < -0.3 is 15.7 Å². The van der Waals surface area contributed by atoms with Gasteiger partial charge in [-0.25, -0.2) is 4.79 Å². The smallest absolute Gasteiger partial charge is 0.319 e. The number of nitrogens with one attached hydrogen (secondary N) is 2. The molecule has 0 saturated heterocycles. The van der Waals surface area contributed by atoms with Gasteiger partial charge in [-0.15, -0.1) is 0 Å². The SMILES string of the molecule is CCCCc1ccc(NC(=O)NC(C)CO)cc1. The molecule has 0 radical (unpaired) electrons. The molecule has 2 amide bonds. The molecule has 0 aromatic heterocycles. The number of aliphatic hydroxyl groups excluding tert-OH is 1. The van der Waals surface area contributed by atoms with Crippen molar-refractivity contribution in [2.24, 2.45) is 0 Å². The van der Waals surface area contributed by atoms with E-state index in [0.717, 1.165) is 12.1 Å². The fourth-order valence-corrected chi connectivity index (χ4v) is 1.57. The minimum absolute atomic E-state index is 0.0661. The summed E-state index contributed by atoms with van der Waals surface area (Å²) in [6, 6.07) is 7.32. The van der Waals surface area contributed by atoms with E-state index in [1.165, 1.54) is 18.4 Å². The van der Waals surface area contributed by atoms with Gasteiger partial charge in [-0.05, 0) is 37.5 Å². The molecule has 18 heavy (non-hydrogen) atoms. The van der Waals surface area contributed by atoms with E-state index in [9.17, 15) is 4.79 Å². The third-order valence-electron chi connectivity index (χ3n) is 2.68. The van der Waals surface area contributed by atoms with Crippen molar-refractivity contribution >= 4 is 11.7 Å². The topological polar surface area (TPSA) is 61.4 Å². The second kappa shape index (κ2) is 7.71. The maximum atomic E-state index is 11.5. The van der Waals surface area contributed by atoms with Crippen molar-refractivity contribution in [3.05, 3.63) is 29.8 Å². The first-order chi connectivity index (χ1) is 8.65. The van der Waals surface area contributed by atoms with E-state index in [2.05, 4.69) is 17.6 Å². The van der Waals surface area contributed by atoms with Crippen LogP contribution < -0.4 is 10.6 Å². The molecule has 4 nitrogen and oxygen atoms in total. The highest BCUT2D eigenvalue weighted by Gasteiger charge is 2.05. The zero-order chi connectivity index (χ0) is 13.4. The highest BCUT2D eigenvalue weighted by molar-refractivity contribution is 5.89. The van der Waals surface area contributed by atoms with Gasteiger partial charge in [0.2, 0.25) is 0 Å². The van der Waals surface area contributed by atoms with E-state index in [0.29, 0.717) is 0 Å². The Morgan fingerprint density at radius 1 is 1.33 bits per heavy atom. The Hall–Kier alpha value is -1.55. The second-order valence-electron chi connectivity index (χ2n) is 4.48. The van der Waals surface area contributed by atoms with Crippen LogP contribution in [0.2, 0.25) is 0 Å². The van der Waals surface area contributed by atoms with Crippen LogP contribution in [0.5, 0.6) is 0 Å². The van der Waals surface area contributed by atoms with Crippen molar-refractivity contribution in [1.82, 2.24) is 5.32 Å². The summed E-state index contributed by atoms with van der Waals surface area (Å²) in [5, 5.41) is 14.2. The van der Waals surface area contributed by atoms with Crippen molar-refractivity contribution in [3.8, 4) is 0 Å². The van der Waals surface area contributed by atoms with E-state index in [1.807, 2.05) is 24.3 Å². The minimum Gasteiger partial charge on any atom is -0.394 e. The van der Waals surface area contributed by atoms with Gasteiger partial charge in [-0.3, -0.25) is 0 Å². The monoisotopic (exact) mass is 250 g/mol. The molecule has 1 aromatic carbocycles. The number of urea groups is 1. The number of carbonyl (C=O) groups is 1. The Bertz CT molecular complexity index is 363. The standard InChI is InChI=1S/C14H22N2O2/c1-3-4-5-12-6-8-13(9-7-12)16-14(18)15-11(2)10-17/h6-9,11,17H,3-5,10H2,1-2H3,(H2,15,16,18). The van der Waals surface area contributed by atoms with Gasteiger partial charge in [0.1, 0.15) is 0 Å². The first-order valence-corrected chi connectivity index (χ1v) is 6.43. The second-order valence-corrected chi connectivity index (χ2v) is 4.48. The Kier molecular flexibility index (Phi) is 6.22. The molecule has 1 rings (SSSR count). The van der Waals surface area contributed by atoms with Crippen molar-refractivity contribution in [2.75, 3.05) is 11.9 Å². The largest absolute Gasteiger partial charge is 0.394 e. The predicted octanol–water partition coefficient (Wildman–Crippen LogP) is 2.53. The average molecular weight is 250 g/mol. The number of benzene rings is 1. The Morgan fingerprint density at radius 3 is 2.56 bits per heavy atom. The van der Waals surface area contributed by atoms with Crippen LogP contribution in [0.3, 0.4) is 0 Å². The van der Waals surface area contributed by atoms with Crippen LogP contribution >= 0.6 is 0 Å². The molecule has 4 heteroatoms. The van der Waals surface area contributed by atoms with Crippen LogP contribution in [-0.2, 0) is 6.42 Å². The number of hydrogen-bond donors (Lipinski definition) is 3. The number of unbranched alkanes of at least 4 members (excludes halogenated alkanes) is 1. The maximum Gasteiger partial charge on any atom is 0.319 e. The lowest BCUT2D eigenvalue weighted by atomic mass is 10.1. The Labute approximate surface area is 108 Å². The molecule has 0 aliphatic heterocycles. The van der Waals surface area contributed by atoms with Crippen molar-refractivity contribution in [1.29, 1.82) is 0 Å². The fraction of sp³-hybridized carbons (Fsp3) is 0.500. The van der Waals surface area contributed by atoms with Gasteiger partial charge in [0.15, 0.2) is 0 Å².